The second-order valence-corrected chi connectivity index (χ2v) is 10.7. The smallest absolute Gasteiger partial charge is 0.543 e. The molecule has 0 saturated carbocycles. The van der Waals surface area contributed by atoms with Crippen LogP contribution in [0, 0.1) is 0 Å². The second-order valence-electron chi connectivity index (χ2n) is 8.69. The summed E-state index contributed by atoms with van der Waals surface area (Å²) in [5.74, 6) is -2.28. The van der Waals surface area contributed by atoms with Crippen LogP contribution in [0.5, 0.6) is 0 Å². The third-order valence-electron chi connectivity index (χ3n) is 6.26. The fraction of sp³-hybridized carbons (Fsp3) is 0.364. The van der Waals surface area contributed by atoms with E-state index < -0.39 is 47.3 Å². The number of aromatic nitrogens is 4. The minimum atomic E-state index is -1.50. The molecule has 2 aromatic rings. The van der Waals surface area contributed by atoms with E-state index in [0.29, 0.717) is 22.8 Å². The number of fused-ring (bicyclic) bond motifs is 1. The second kappa shape index (κ2) is 12.6. The van der Waals surface area contributed by atoms with Crippen molar-refractivity contribution < 1.29 is 58.6 Å². The molecular formula is C22H22N9NaO6S2. The Balaban J connectivity index is 0.00000370. The van der Waals surface area contributed by atoms with E-state index in [1.54, 1.807) is 37.4 Å². The normalized spacial score (nSPS) is 20.6. The molecule has 3 aliphatic rings. The van der Waals surface area contributed by atoms with Gasteiger partial charge in [-0.3, -0.25) is 14.5 Å². The van der Waals surface area contributed by atoms with Gasteiger partial charge in [0, 0.05) is 31.6 Å². The Kier molecular flexibility index (Phi) is 9.40. The molecule has 0 spiro atoms. The van der Waals surface area contributed by atoms with Gasteiger partial charge in [-0.15, -0.1) is 16.9 Å². The number of urea groups is 2. The van der Waals surface area contributed by atoms with Crippen molar-refractivity contribution in [2.45, 2.75) is 22.6 Å². The number of hydrogen-bond acceptors (Lipinski definition) is 11. The number of carbonyl (C=O) groups excluding carboxylic acids is 5. The van der Waals surface area contributed by atoms with Crippen LogP contribution in [0.25, 0.3) is 0 Å². The average Bonchev–Trinajstić information content (AvgIpc) is 3.55. The summed E-state index contributed by atoms with van der Waals surface area (Å²) in [5.41, 5.74) is 0.682. The largest absolute Gasteiger partial charge is 1.00 e. The third kappa shape index (κ3) is 5.83. The predicted octanol–water partition coefficient (Wildman–Crippen LogP) is -4.81. The van der Waals surface area contributed by atoms with E-state index in [9.17, 15) is 29.1 Å². The van der Waals surface area contributed by atoms with Gasteiger partial charge in [-0.25, -0.2) is 19.2 Å². The molecule has 2 fully saturated rings. The maximum atomic E-state index is 13.4. The molecule has 5 rings (SSSR count). The molecule has 0 radical (unpaired) electrons. The summed E-state index contributed by atoms with van der Waals surface area (Å²) in [6.45, 7) is 0.443. The predicted molar refractivity (Wildman–Crippen MR) is 134 cm³/mol. The number of tetrazole rings is 1. The van der Waals surface area contributed by atoms with Gasteiger partial charge in [0.25, 0.3) is 5.91 Å². The monoisotopic (exact) mass is 595 g/mol. The Morgan fingerprint density at radius 3 is 2.62 bits per heavy atom. The summed E-state index contributed by atoms with van der Waals surface area (Å²) >= 11 is 2.52. The molecule has 1 aromatic carbocycles. The average molecular weight is 596 g/mol. The van der Waals surface area contributed by atoms with Gasteiger partial charge in [0.1, 0.15) is 17.5 Å². The van der Waals surface area contributed by atoms with Crippen molar-refractivity contribution in [1.29, 1.82) is 0 Å². The number of imide groups is 1. The van der Waals surface area contributed by atoms with Crippen molar-refractivity contribution in [1.82, 2.24) is 46.0 Å². The number of nitrogens with one attached hydrogen (secondary N) is 3. The molecule has 204 valence electrons. The first kappa shape index (κ1) is 29.9. The topological polar surface area (TPSA) is 195 Å². The number of carbonyl (C=O) groups is 5. The molecule has 2 unspecified atom stereocenters. The molecule has 15 nitrogen and oxygen atoms in total. The van der Waals surface area contributed by atoms with Crippen LogP contribution in [0.2, 0.25) is 0 Å². The maximum Gasteiger partial charge on any atom is 1.00 e. The van der Waals surface area contributed by atoms with E-state index in [1.165, 1.54) is 28.2 Å². The van der Waals surface area contributed by atoms with Gasteiger partial charge >= 0.3 is 41.6 Å². The van der Waals surface area contributed by atoms with Crippen LogP contribution in [-0.2, 0) is 21.4 Å². The Labute approximate surface area is 258 Å². The summed E-state index contributed by atoms with van der Waals surface area (Å²) in [6.07, 6.45) is 0. The van der Waals surface area contributed by atoms with Gasteiger partial charge in [0.05, 0.1) is 11.7 Å². The number of aryl methyl sites for hydroxylation is 1. The van der Waals surface area contributed by atoms with Gasteiger partial charge in [0.2, 0.25) is 11.1 Å². The van der Waals surface area contributed by atoms with Crippen molar-refractivity contribution in [2.75, 3.05) is 24.6 Å². The molecule has 3 atom stereocenters. The van der Waals surface area contributed by atoms with Crippen LogP contribution in [-0.4, -0.2) is 95.9 Å². The van der Waals surface area contributed by atoms with Crippen LogP contribution in [0.15, 0.2) is 46.8 Å². The third-order valence-corrected chi connectivity index (χ3v) is 8.70. The fourth-order valence-electron chi connectivity index (χ4n) is 4.33. The number of carboxylic acid groups (broad SMARTS) is 1. The van der Waals surface area contributed by atoms with Crippen LogP contribution in [0.1, 0.15) is 11.6 Å². The summed E-state index contributed by atoms with van der Waals surface area (Å²) in [5, 5.41) is 30.7. The maximum absolute atomic E-state index is 13.4. The summed E-state index contributed by atoms with van der Waals surface area (Å²) in [7, 11) is 1.65. The van der Waals surface area contributed by atoms with E-state index in [0.717, 1.165) is 9.80 Å². The zero-order valence-electron chi connectivity index (χ0n) is 21.4. The first-order valence-corrected chi connectivity index (χ1v) is 13.7. The Hall–Kier alpha value is -3.12. The standard InChI is InChI=1S/C22H23N9O6S2.Na/c1-29-22(26-27-28-29)39-10-12-9-38-18-14(17(33)31(18)15(12)19(34)35)24-16(32)13(11-5-3-2-4-6-11)25-21(37)30-8-7-23-20(30)36;/h2-6,13-14,18H,7-10H2,1H3,(H,23,36)(H,24,32)(H,25,37)(H,34,35);/q;+1/p-1/t13?,14?,18-;/m0./s1. The van der Waals surface area contributed by atoms with Gasteiger partial charge in [-0.05, 0) is 21.6 Å². The number of rotatable bonds is 8. The van der Waals surface area contributed by atoms with Crippen molar-refractivity contribution in [3.63, 3.8) is 0 Å². The molecule has 0 aliphatic carbocycles. The molecule has 2 saturated heterocycles. The summed E-state index contributed by atoms with van der Waals surface area (Å²) in [6, 6.07) is 4.82. The molecule has 4 heterocycles. The zero-order chi connectivity index (χ0) is 27.7. The molecular weight excluding hydrogens is 573 g/mol. The zero-order valence-corrected chi connectivity index (χ0v) is 25.0. The fourth-order valence-corrected chi connectivity index (χ4v) is 6.66. The number of hydrogen-bond donors (Lipinski definition) is 3. The van der Waals surface area contributed by atoms with E-state index in [4.69, 9.17) is 0 Å². The number of β-lactam (4-membered cyclic amide) rings is 1. The first-order chi connectivity index (χ1) is 18.8. The SMILES string of the molecule is Cn1nnnc1SCC1=C(C(=O)[O-])N2C(=O)C(NC(=O)C(NC(=O)N3CCNC3=O)c3ccccc3)[C@@H]2SC1.[Na+]. The molecule has 3 N–H and O–H groups in total. The number of benzene rings is 1. The molecule has 6 amide bonds. The van der Waals surface area contributed by atoms with E-state index in [1.807, 2.05) is 0 Å². The number of nitrogens with zero attached hydrogens (tertiary/aromatic N) is 6. The molecule has 1 aromatic heterocycles. The van der Waals surface area contributed by atoms with Crippen LogP contribution < -0.4 is 50.6 Å². The molecule has 0 bridgehead atoms. The number of amides is 6. The molecule has 3 aliphatic heterocycles. The quantitative estimate of drug-likeness (QED) is 0.151. The van der Waals surface area contributed by atoms with Gasteiger partial charge < -0.3 is 25.9 Å². The van der Waals surface area contributed by atoms with Crippen molar-refractivity contribution in [3.05, 3.63) is 47.2 Å². The van der Waals surface area contributed by atoms with Gasteiger partial charge in [-0.2, -0.15) is 0 Å². The van der Waals surface area contributed by atoms with Crippen LogP contribution in [0.3, 0.4) is 0 Å². The molecule has 40 heavy (non-hydrogen) atoms. The van der Waals surface area contributed by atoms with Crippen molar-refractivity contribution >= 4 is 53.4 Å². The van der Waals surface area contributed by atoms with E-state index >= 15 is 0 Å². The van der Waals surface area contributed by atoms with Crippen LogP contribution >= 0.6 is 23.5 Å². The summed E-state index contributed by atoms with van der Waals surface area (Å²) in [4.78, 5) is 65.2. The minimum absolute atomic E-state index is 0. The number of carboxylic acids is 1. The summed E-state index contributed by atoms with van der Waals surface area (Å²) < 4.78 is 1.45. The van der Waals surface area contributed by atoms with Crippen molar-refractivity contribution in [3.8, 4) is 0 Å². The van der Waals surface area contributed by atoms with E-state index in [-0.39, 0.29) is 53.3 Å². The van der Waals surface area contributed by atoms with Gasteiger partial charge in [0.15, 0.2) is 0 Å². The first-order valence-electron chi connectivity index (χ1n) is 11.7. The Bertz CT molecular complexity index is 1370. The van der Waals surface area contributed by atoms with Crippen LogP contribution in [0.4, 0.5) is 9.59 Å². The number of thioether (sulfide) groups is 2. The molecule has 18 heteroatoms. The van der Waals surface area contributed by atoms with E-state index in [2.05, 4.69) is 31.5 Å². The Morgan fingerprint density at radius 2 is 2.00 bits per heavy atom. The number of aliphatic carboxylic acids is 1. The Morgan fingerprint density at radius 1 is 1.25 bits per heavy atom. The minimum Gasteiger partial charge on any atom is -0.543 e. The van der Waals surface area contributed by atoms with Gasteiger partial charge in [-0.1, -0.05) is 42.1 Å². The van der Waals surface area contributed by atoms with Crippen molar-refractivity contribution in [2.24, 2.45) is 7.05 Å².